The van der Waals surface area contributed by atoms with E-state index in [-0.39, 0.29) is 5.82 Å². The Morgan fingerprint density at radius 2 is 2.05 bits per heavy atom. The molecule has 3 heterocycles. The summed E-state index contributed by atoms with van der Waals surface area (Å²) in [6.07, 6.45) is 5.37. The highest BCUT2D eigenvalue weighted by molar-refractivity contribution is 5.99. The number of allylic oxidation sites excluding steroid dienone is 1. The summed E-state index contributed by atoms with van der Waals surface area (Å²) in [4.78, 5) is 10.8. The van der Waals surface area contributed by atoms with Gasteiger partial charge in [0.05, 0.1) is 12.7 Å². The predicted molar refractivity (Wildman–Crippen MR) is 73.7 cm³/mol. The van der Waals surface area contributed by atoms with Crippen LogP contribution in [0.1, 0.15) is 12.8 Å². The van der Waals surface area contributed by atoms with Crippen LogP contribution in [0.25, 0.3) is 0 Å². The molecule has 1 saturated heterocycles. The number of anilines is 1. The van der Waals surface area contributed by atoms with E-state index in [9.17, 15) is 4.39 Å². The summed E-state index contributed by atoms with van der Waals surface area (Å²) >= 11 is 0. The standard InChI is InChI=1S/C14H17FN4/c15-11-1-2-14(18-8-11)19-5-3-10(4-6-19)13-7-12(16)9-17-13/h1-2,7-8,10H,3-6,9,16H2. The van der Waals surface area contributed by atoms with E-state index >= 15 is 0 Å². The minimum absolute atomic E-state index is 0.292. The van der Waals surface area contributed by atoms with E-state index in [1.54, 1.807) is 6.07 Å². The number of nitrogens with two attached hydrogens (primary N) is 1. The molecule has 1 fully saturated rings. The van der Waals surface area contributed by atoms with E-state index in [2.05, 4.69) is 14.9 Å². The molecule has 2 aliphatic rings. The summed E-state index contributed by atoms with van der Waals surface area (Å²) < 4.78 is 12.8. The van der Waals surface area contributed by atoms with Gasteiger partial charge in [0.2, 0.25) is 0 Å². The molecule has 4 nitrogen and oxygen atoms in total. The highest BCUT2D eigenvalue weighted by Crippen LogP contribution is 2.24. The summed E-state index contributed by atoms with van der Waals surface area (Å²) in [5.41, 5.74) is 7.76. The van der Waals surface area contributed by atoms with E-state index in [0.29, 0.717) is 12.5 Å². The monoisotopic (exact) mass is 260 g/mol. The van der Waals surface area contributed by atoms with Crippen molar-refractivity contribution >= 4 is 11.5 Å². The van der Waals surface area contributed by atoms with Crippen LogP contribution in [0.4, 0.5) is 10.2 Å². The van der Waals surface area contributed by atoms with Crippen LogP contribution < -0.4 is 10.6 Å². The van der Waals surface area contributed by atoms with Crippen LogP contribution >= 0.6 is 0 Å². The molecular formula is C14H17FN4. The lowest BCUT2D eigenvalue weighted by atomic mass is 9.92. The third kappa shape index (κ3) is 2.59. The molecule has 2 aliphatic heterocycles. The van der Waals surface area contributed by atoms with Crippen molar-refractivity contribution in [2.24, 2.45) is 16.6 Å². The largest absolute Gasteiger partial charge is 0.400 e. The topological polar surface area (TPSA) is 54.5 Å². The van der Waals surface area contributed by atoms with Crippen molar-refractivity contribution < 1.29 is 4.39 Å². The number of hydrogen-bond acceptors (Lipinski definition) is 4. The van der Waals surface area contributed by atoms with Gasteiger partial charge in [-0.25, -0.2) is 9.37 Å². The van der Waals surface area contributed by atoms with Gasteiger partial charge < -0.3 is 10.6 Å². The van der Waals surface area contributed by atoms with Crippen molar-refractivity contribution in [3.8, 4) is 0 Å². The molecule has 3 rings (SSSR count). The lowest BCUT2D eigenvalue weighted by molar-refractivity contribution is 0.500. The molecule has 5 heteroatoms. The van der Waals surface area contributed by atoms with Crippen LogP contribution in [-0.4, -0.2) is 30.3 Å². The lowest BCUT2D eigenvalue weighted by Crippen LogP contribution is -2.36. The number of rotatable bonds is 2. The van der Waals surface area contributed by atoms with E-state index in [1.807, 2.05) is 6.08 Å². The highest BCUT2D eigenvalue weighted by atomic mass is 19.1. The molecule has 0 aliphatic carbocycles. The zero-order valence-corrected chi connectivity index (χ0v) is 10.7. The smallest absolute Gasteiger partial charge is 0.141 e. The predicted octanol–water partition coefficient (Wildman–Crippen LogP) is 1.73. The first kappa shape index (κ1) is 12.1. The molecule has 0 aromatic carbocycles. The van der Waals surface area contributed by atoms with E-state index in [0.717, 1.165) is 43.2 Å². The summed E-state index contributed by atoms with van der Waals surface area (Å²) in [7, 11) is 0. The Kier molecular flexibility index (Phi) is 3.19. The Bertz CT molecular complexity index is 513. The fourth-order valence-electron chi connectivity index (χ4n) is 2.67. The number of aromatic nitrogens is 1. The van der Waals surface area contributed by atoms with Gasteiger partial charge >= 0.3 is 0 Å². The van der Waals surface area contributed by atoms with Gasteiger partial charge in [-0.15, -0.1) is 0 Å². The van der Waals surface area contributed by atoms with Crippen molar-refractivity contribution in [1.29, 1.82) is 0 Å². The number of hydrogen-bond donors (Lipinski definition) is 1. The number of aliphatic imine (C=N–C) groups is 1. The fraction of sp³-hybridized carbons (Fsp3) is 0.429. The molecule has 100 valence electrons. The SMILES string of the molecule is NC1=CC(C2CCN(c3ccc(F)cn3)CC2)=NC1. The summed E-state index contributed by atoms with van der Waals surface area (Å²) in [5, 5.41) is 0. The normalized spacial score (nSPS) is 20.4. The van der Waals surface area contributed by atoms with Crippen molar-refractivity contribution in [2.45, 2.75) is 12.8 Å². The van der Waals surface area contributed by atoms with Gasteiger partial charge in [0.15, 0.2) is 0 Å². The molecule has 0 amide bonds. The maximum absolute atomic E-state index is 12.8. The molecular weight excluding hydrogens is 243 g/mol. The Morgan fingerprint density at radius 1 is 1.26 bits per heavy atom. The van der Waals surface area contributed by atoms with E-state index in [4.69, 9.17) is 5.73 Å². The maximum atomic E-state index is 12.8. The van der Waals surface area contributed by atoms with Gasteiger partial charge in [-0.1, -0.05) is 0 Å². The third-order valence-electron chi connectivity index (χ3n) is 3.73. The Hall–Kier alpha value is -1.91. The summed E-state index contributed by atoms with van der Waals surface area (Å²) in [6, 6.07) is 3.19. The van der Waals surface area contributed by atoms with Crippen LogP contribution in [0, 0.1) is 11.7 Å². The summed E-state index contributed by atoms with van der Waals surface area (Å²) in [5.74, 6) is 1.06. The highest BCUT2D eigenvalue weighted by Gasteiger charge is 2.24. The minimum Gasteiger partial charge on any atom is -0.400 e. The second-order valence-electron chi connectivity index (χ2n) is 5.06. The average molecular weight is 260 g/mol. The average Bonchev–Trinajstić information content (AvgIpc) is 2.87. The van der Waals surface area contributed by atoms with Crippen LogP contribution in [0.3, 0.4) is 0 Å². The lowest BCUT2D eigenvalue weighted by Gasteiger charge is -2.32. The number of pyridine rings is 1. The van der Waals surface area contributed by atoms with Gasteiger partial charge in [-0.05, 0) is 31.1 Å². The molecule has 0 spiro atoms. The quantitative estimate of drug-likeness (QED) is 0.881. The minimum atomic E-state index is -0.292. The van der Waals surface area contributed by atoms with Crippen molar-refractivity contribution in [2.75, 3.05) is 24.5 Å². The first-order valence-corrected chi connectivity index (χ1v) is 6.59. The molecule has 0 saturated carbocycles. The van der Waals surface area contributed by atoms with E-state index in [1.165, 1.54) is 12.3 Å². The molecule has 1 aromatic rings. The van der Waals surface area contributed by atoms with Crippen LogP contribution in [0.2, 0.25) is 0 Å². The Balaban J connectivity index is 1.62. The number of halogens is 1. The molecule has 19 heavy (non-hydrogen) atoms. The number of piperidine rings is 1. The molecule has 0 atom stereocenters. The molecule has 0 radical (unpaired) electrons. The van der Waals surface area contributed by atoms with Gasteiger partial charge in [0.1, 0.15) is 11.6 Å². The first-order valence-electron chi connectivity index (χ1n) is 6.59. The van der Waals surface area contributed by atoms with Crippen LogP contribution in [0.15, 0.2) is 35.1 Å². The zero-order chi connectivity index (χ0) is 13.2. The van der Waals surface area contributed by atoms with Gasteiger partial charge in [-0.3, -0.25) is 4.99 Å². The van der Waals surface area contributed by atoms with E-state index < -0.39 is 0 Å². The molecule has 2 N–H and O–H groups in total. The second kappa shape index (κ2) is 4.99. The van der Waals surface area contributed by atoms with Crippen LogP contribution in [0.5, 0.6) is 0 Å². The summed E-state index contributed by atoms with van der Waals surface area (Å²) in [6.45, 7) is 2.50. The van der Waals surface area contributed by atoms with Gasteiger partial charge in [-0.2, -0.15) is 0 Å². The first-order chi connectivity index (χ1) is 9.22. The molecule has 0 unspecified atom stereocenters. The van der Waals surface area contributed by atoms with Crippen molar-refractivity contribution in [3.63, 3.8) is 0 Å². The number of nitrogens with zero attached hydrogens (tertiary/aromatic N) is 3. The molecule has 0 bridgehead atoms. The maximum Gasteiger partial charge on any atom is 0.141 e. The molecule has 1 aromatic heterocycles. The fourth-order valence-corrected chi connectivity index (χ4v) is 2.67. The second-order valence-corrected chi connectivity index (χ2v) is 5.06. The third-order valence-corrected chi connectivity index (χ3v) is 3.73. The van der Waals surface area contributed by atoms with Gasteiger partial charge in [0, 0.05) is 30.4 Å². The van der Waals surface area contributed by atoms with Gasteiger partial charge in [0.25, 0.3) is 0 Å². The van der Waals surface area contributed by atoms with Crippen molar-refractivity contribution in [1.82, 2.24) is 4.98 Å². The Labute approximate surface area is 111 Å². The van der Waals surface area contributed by atoms with Crippen molar-refractivity contribution in [3.05, 3.63) is 35.9 Å². The zero-order valence-electron chi connectivity index (χ0n) is 10.7. The Morgan fingerprint density at radius 3 is 2.63 bits per heavy atom. The van der Waals surface area contributed by atoms with Crippen LogP contribution in [-0.2, 0) is 0 Å².